The van der Waals surface area contributed by atoms with Gasteiger partial charge in [-0.25, -0.2) is 14.8 Å². The van der Waals surface area contributed by atoms with E-state index in [1.807, 2.05) is 48.5 Å². The Kier molecular flexibility index (Phi) is 6.69. The fraction of sp³-hybridized carbons (Fsp3) is 0.308. The first-order valence-electron chi connectivity index (χ1n) is 11.9. The molecule has 0 unspecified atom stereocenters. The van der Waals surface area contributed by atoms with Crippen molar-refractivity contribution >= 4 is 44.5 Å². The minimum absolute atomic E-state index is 0.00794. The highest BCUT2D eigenvalue weighted by Crippen LogP contribution is 2.32. The normalized spacial score (nSPS) is 19.7. The second-order valence-corrected chi connectivity index (χ2v) is 10.00. The topological polar surface area (TPSA) is 115 Å². The third-order valence-corrected chi connectivity index (χ3v) is 7.57. The molecule has 3 aromatic rings. The SMILES string of the molecule is C#CCN(C(=O)NC)N1CC(=O)N2[C@@H](Cc3ccccc3)C(=O)N(Cc3cccc4sc(N)nc34)C[C@@H]21. The van der Waals surface area contributed by atoms with Crippen molar-refractivity contribution in [3.8, 4) is 12.3 Å². The highest BCUT2D eigenvalue weighted by atomic mass is 32.1. The maximum atomic E-state index is 13.9. The number of nitrogens with two attached hydrogens (primary N) is 1. The predicted molar refractivity (Wildman–Crippen MR) is 141 cm³/mol. The molecule has 37 heavy (non-hydrogen) atoms. The lowest BCUT2D eigenvalue weighted by atomic mass is 10.00. The summed E-state index contributed by atoms with van der Waals surface area (Å²) in [4.78, 5) is 47.7. The summed E-state index contributed by atoms with van der Waals surface area (Å²) >= 11 is 1.39. The Morgan fingerprint density at radius 2 is 2.03 bits per heavy atom. The molecular formula is C26H27N7O3S. The van der Waals surface area contributed by atoms with Crippen LogP contribution >= 0.6 is 11.3 Å². The summed E-state index contributed by atoms with van der Waals surface area (Å²) < 4.78 is 0.944. The average molecular weight is 518 g/mol. The molecule has 5 rings (SSSR count). The number of carbonyl (C=O) groups excluding carboxylic acids is 3. The first kappa shape index (κ1) is 24.5. The molecule has 4 amide bonds. The molecule has 0 radical (unpaired) electrons. The van der Waals surface area contributed by atoms with Crippen LogP contribution in [0.3, 0.4) is 0 Å². The van der Waals surface area contributed by atoms with Gasteiger partial charge in [0.15, 0.2) is 5.13 Å². The molecule has 3 heterocycles. The number of para-hydroxylation sites is 1. The monoisotopic (exact) mass is 517 g/mol. The van der Waals surface area contributed by atoms with Gasteiger partial charge in [0.05, 0.1) is 29.9 Å². The first-order chi connectivity index (χ1) is 17.9. The van der Waals surface area contributed by atoms with Gasteiger partial charge >= 0.3 is 6.03 Å². The number of hydrazine groups is 1. The lowest BCUT2D eigenvalue weighted by molar-refractivity contribution is -0.157. The second-order valence-electron chi connectivity index (χ2n) is 8.94. The summed E-state index contributed by atoms with van der Waals surface area (Å²) in [5, 5.41) is 6.08. The summed E-state index contributed by atoms with van der Waals surface area (Å²) in [5.74, 6) is 2.12. The van der Waals surface area contributed by atoms with Crippen molar-refractivity contribution in [1.29, 1.82) is 0 Å². The number of thiazole rings is 1. The van der Waals surface area contributed by atoms with Gasteiger partial charge in [-0.1, -0.05) is 59.7 Å². The minimum Gasteiger partial charge on any atom is -0.375 e. The van der Waals surface area contributed by atoms with Gasteiger partial charge in [-0.05, 0) is 17.2 Å². The minimum atomic E-state index is -0.726. The van der Waals surface area contributed by atoms with Crippen LogP contribution in [-0.4, -0.2) is 81.5 Å². The second kappa shape index (κ2) is 10.1. The fourth-order valence-corrected chi connectivity index (χ4v) is 5.86. The molecule has 2 aromatic carbocycles. The highest BCUT2D eigenvalue weighted by Gasteiger charge is 2.52. The molecule has 0 aliphatic carbocycles. The number of benzene rings is 2. The van der Waals surface area contributed by atoms with E-state index >= 15 is 0 Å². The summed E-state index contributed by atoms with van der Waals surface area (Å²) in [7, 11) is 1.51. The molecule has 11 heteroatoms. The van der Waals surface area contributed by atoms with Crippen LogP contribution in [0.2, 0.25) is 0 Å². The van der Waals surface area contributed by atoms with Crippen LogP contribution in [-0.2, 0) is 22.6 Å². The average Bonchev–Trinajstić information content (AvgIpc) is 3.44. The summed E-state index contributed by atoms with van der Waals surface area (Å²) in [6, 6.07) is 14.3. The number of nitrogen functional groups attached to an aromatic ring is 1. The number of carbonyl (C=O) groups is 3. The first-order valence-corrected chi connectivity index (χ1v) is 12.7. The Bertz CT molecular complexity index is 1390. The van der Waals surface area contributed by atoms with Crippen molar-refractivity contribution in [2.75, 3.05) is 32.4 Å². The number of fused-ring (bicyclic) bond motifs is 2. The number of anilines is 1. The molecule has 0 bridgehead atoms. The van der Waals surface area contributed by atoms with E-state index in [0.717, 1.165) is 21.3 Å². The Hall–Kier alpha value is -4.14. The van der Waals surface area contributed by atoms with Crippen molar-refractivity contribution in [3.05, 3.63) is 59.7 Å². The number of hydrogen-bond acceptors (Lipinski definition) is 7. The molecule has 2 atom stereocenters. The number of piperazine rings is 1. The Morgan fingerprint density at radius 1 is 1.24 bits per heavy atom. The lowest BCUT2D eigenvalue weighted by Crippen LogP contribution is -2.66. The zero-order valence-electron chi connectivity index (χ0n) is 20.3. The van der Waals surface area contributed by atoms with Gasteiger partial charge in [0.1, 0.15) is 12.2 Å². The molecule has 2 fully saturated rings. The van der Waals surface area contributed by atoms with E-state index in [1.165, 1.54) is 23.4 Å². The number of hydrogen-bond donors (Lipinski definition) is 2. The number of urea groups is 1. The van der Waals surface area contributed by atoms with Crippen molar-refractivity contribution in [1.82, 2.24) is 30.1 Å². The van der Waals surface area contributed by atoms with Gasteiger partial charge in [0, 0.05) is 20.0 Å². The summed E-state index contributed by atoms with van der Waals surface area (Å²) in [6.45, 7) is 0.451. The van der Waals surface area contributed by atoms with Crippen molar-refractivity contribution < 1.29 is 14.4 Å². The molecule has 2 saturated heterocycles. The molecule has 2 aliphatic heterocycles. The van der Waals surface area contributed by atoms with Gasteiger partial charge in [0.2, 0.25) is 11.8 Å². The van der Waals surface area contributed by atoms with Crippen molar-refractivity contribution in [2.45, 2.75) is 25.2 Å². The number of terminal acetylenes is 1. The number of rotatable bonds is 6. The predicted octanol–water partition coefficient (Wildman–Crippen LogP) is 1.49. The molecule has 10 nitrogen and oxygen atoms in total. The zero-order valence-corrected chi connectivity index (χ0v) is 21.1. The van der Waals surface area contributed by atoms with Crippen LogP contribution in [0.15, 0.2) is 48.5 Å². The highest BCUT2D eigenvalue weighted by molar-refractivity contribution is 7.22. The van der Waals surface area contributed by atoms with Crippen LogP contribution in [0, 0.1) is 12.3 Å². The smallest absolute Gasteiger partial charge is 0.332 e. The molecule has 190 valence electrons. The van der Waals surface area contributed by atoms with Crippen LogP contribution in [0.4, 0.5) is 9.93 Å². The number of amides is 4. The van der Waals surface area contributed by atoms with Crippen LogP contribution in [0.25, 0.3) is 10.2 Å². The third-order valence-electron chi connectivity index (χ3n) is 6.72. The van der Waals surface area contributed by atoms with E-state index in [1.54, 1.807) is 14.8 Å². The van der Waals surface area contributed by atoms with Crippen LogP contribution < -0.4 is 11.1 Å². The molecule has 3 N–H and O–H groups in total. The molecular weight excluding hydrogens is 490 g/mol. The zero-order chi connectivity index (χ0) is 26.1. The Balaban J connectivity index is 1.52. The summed E-state index contributed by atoms with van der Waals surface area (Å²) in [5.41, 5.74) is 8.52. The molecule has 2 aliphatic rings. The number of nitrogens with one attached hydrogen (secondary N) is 1. The van der Waals surface area contributed by atoms with E-state index in [9.17, 15) is 14.4 Å². The molecule has 1 aromatic heterocycles. The lowest BCUT2D eigenvalue weighted by Gasteiger charge is -2.46. The summed E-state index contributed by atoms with van der Waals surface area (Å²) in [6.07, 6.45) is 5.36. The standard InChI is InChI=1S/C26H27N7O3S/c1-3-12-31(26(36)28-2)32-16-22(34)33-19(13-17-8-5-4-6-9-17)24(35)30(15-21(32)33)14-18-10-7-11-20-23(18)29-25(27)37-20/h1,4-11,19,21H,12-16H2,2H3,(H2,27,29)(H,28,36)/t19-,21+/m0/s1. The maximum absolute atomic E-state index is 13.9. The van der Waals surface area contributed by atoms with Gasteiger partial charge in [-0.2, -0.15) is 5.01 Å². The largest absolute Gasteiger partial charge is 0.375 e. The van der Waals surface area contributed by atoms with Gasteiger partial charge in [-0.3, -0.25) is 9.59 Å². The van der Waals surface area contributed by atoms with Gasteiger partial charge in [0.25, 0.3) is 0 Å². The van der Waals surface area contributed by atoms with Crippen LogP contribution in [0.1, 0.15) is 11.1 Å². The van der Waals surface area contributed by atoms with Crippen molar-refractivity contribution in [3.63, 3.8) is 0 Å². The van der Waals surface area contributed by atoms with E-state index in [-0.39, 0.29) is 31.4 Å². The van der Waals surface area contributed by atoms with E-state index in [2.05, 4.69) is 16.2 Å². The third kappa shape index (κ3) is 4.57. The molecule has 0 spiro atoms. The van der Waals surface area contributed by atoms with Gasteiger partial charge < -0.3 is 20.9 Å². The van der Waals surface area contributed by atoms with Crippen LogP contribution in [0.5, 0.6) is 0 Å². The van der Waals surface area contributed by atoms with E-state index in [4.69, 9.17) is 12.2 Å². The Morgan fingerprint density at radius 3 is 2.76 bits per heavy atom. The van der Waals surface area contributed by atoms with E-state index < -0.39 is 18.2 Å². The molecule has 0 saturated carbocycles. The fourth-order valence-electron chi connectivity index (χ4n) is 5.08. The number of aromatic nitrogens is 1. The van der Waals surface area contributed by atoms with E-state index in [0.29, 0.717) is 18.1 Å². The Labute approximate surface area is 218 Å². The number of nitrogens with zero attached hydrogens (tertiary/aromatic N) is 5. The van der Waals surface area contributed by atoms with Crippen molar-refractivity contribution in [2.24, 2.45) is 0 Å². The quantitative estimate of drug-likeness (QED) is 0.479. The van der Waals surface area contributed by atoms with Gasteiger partial charge in [-0.15, -0.1) is 6.42 Å². The maximum Gasteiger partial charge on any atom is 0.332 e.